The third-order valence-electron chi connectivity index (χ3n) is 13.3. The van der Waals surface area contributed by atoms with E-state index in [9.17, 15) is 0 Å². The van der Waals surface area contributed by atoms with Gasteiger partial charge in [0, 0.05) is 33.0 Å². The topological polar surface area (TPSA) is 16.4 Å². The molecule has 1 aromatic heterocycles. The molecule has 0 fully saturated rings. The summed E-state index contributed by atoms with van der Waals surface area (Å²) in [5.41, 5.74) is 21.4. The predicted octanol–water partition coefficient (Wildman–Crippen LogP) is 17.3. The van der Waals surface area contributed by atoms with Crippen molar-refractivity contribution in [1.82, 2.24) is 0 Å². The number of para-hydroxylation sites is 3. The molecule has 0 N–H and O–H groups in total. The lowest BCUT2D eigenvalue weighted by molar-refractivity contribution is 0.590. The van der Waals surface area contributed by atoms with Gasteiger partial charge in [-0.3, -0.25) is 0 Å². The lowest BCUT2D eigenvalue weighted by Crippen LogP contribution is -2.15. The number of fused-ring (bicyclic) bond motifs is 6. The molecule has 0 spiro atoms. The van der Waals surface area contributed by atoms with Crippen molar-refractivity contribution in [3.05, 3.63) is 223 Å². The van der Waals surface area contributed by atoms with E-state index in [1.165, 1.54) is 61.2 Å². The van der Waals surface area contributed by atoms with E-state index in [-0.39, 0.29) is 10.8 Å². The van der Waals surface area contributed by atoms with Crippen LogP contribution in [0.1, 0.15) is 51.3 Å². The maximum Gasteiger partial charge on any atom is 0.135 e. The van der Waals surface area contributed by atoms with Gasteiger partial charge in [-0.15, -0.1) is 0 Å². The zero-order chi connectivity index (χ0) is 42.9. The van der Waals surface area contributed by atoms with Crippen molar-refractivity contribution >= 4 is 39.0 Å². The molecule has 0 aliphatic heterocycles. The second-order valence-corrected chi connectivity index (χ2v) is 18.6. The van der Waals surface area contributed by atoms with Crippen molar-refractivity contribution in [2.75, 3.05) is 4.90 Å². The molecule has 0 saturated heterocycles. The number of benzene rings is 9. The van der Waals surface area contributed by atoms with Gasteiger partial charge in [-0.2, -0.15) is 0 Å². The molecule has 10 aromatic rings. The molecular weight excluding hydrogens is 763 g/mol. The Balaban J connectivity index is 1.02. The standard InChI is InChI=1S/C61H49NO/c1-60(2,3)46-30-23-40(24-31-46)44-27-34-50-52-38-45(28-35-54(52)61(4,5)55(50)39-44)49-18-10-13-21-57(49)62(56-20-12-9-17-48(56)42-15-7-6-8-16-42)47-32-25-41(26-33-47)43-29-36-59-53(37-43)51-19-11-14-22-58(51)63-59/h6-39H,1-5H3. The quantitative estimate of drug-likeness (QED) is 0.159. The molecule has 0 radical (unpaired) electrons. The van der Waals surface area contributed by atoms with Crippen molar-refractivity contribution in [1.29, 1.82) is 0 Å². The lowest BCUT2D eigenvalue weighted by atomic mass is 9.81. The van der Waals surface area contributed by atoms with Crippen LogP contribution < -0.4 is 4.90 Å². The van der Waals surface area contributed by atoms with Crippen molar-refractivity contribution in [3.63, 3.8) is 0 Å². The SMILES string of the molecule is CC(C)(C)c1ccc(-c2ccc3c(c2)C(C)(C)c2ccc(-c4ccccc4N(c4ccc(-c5ccc6oc7ccccc7c6c5)cc4)c4ccccc4-c4ccccc4)cc2-3)cc1. The summed E-state index contributed by atoms with van der Waals surface area (Å²) in [5.74, 6) is 0. The molecule has 2 heteroatoms. The van der Waals surface area contributed by atoms with E-state index in [0.29, 0.717) is 0 Å². The number of furan rings is 1. The van der Waals surface area contributed by atoms with Gasteiger partial charge < -0.3 is 9.32 Å². The van der Waals surface area contributed by atoms with Crippen LogP contribution >= 0.6 is 0 Å². The average Bonchev–Trinajstić information content (AvgIpc) is 3.80. The van der Waals surface area contributed by atoms with E-state index in [0.717, 1.165) is 50.1 Å². The highest BCUT2D eigenvalue weighted by molar-refractivity contribution is 6.06. The second-order valence-electron chi connectivity index (χ2n) is 18.6. The molecule has 1 heterocycles. The van der Waals surface area contributed by atoms with E-state index in [1.54, 1.807) is 0 Å². The summed E-state index contributed by atoms with van der Waals surface area (Å²) in [7, 11) is 0. The predicted molar refractivity (Wildman–Crippen MR) is 266 cm³/mol. The summed E-state index contributed by atoms with van der Waals surface area (Å²) < 4.78 is 6.17. The first kappa shape index (κ1) is 38.5. The molecule has 0 saturated carbocycles. The van der Waals surface area contributed by atoms with Crippen LogP contribution in [0.25, 0.3) is 77.6 Å². The van der Waals surface area contributed by atoms with Crippen LogP contribution in [0.2, 0.25) is 0 Å². The Morgan fingerprint density at radius 3 is 1.65 bits per heavy atom. The van der Waals surface area contributed by atoms with Crippen LogP contribution in [0.5, 0.6) is 0 Å². The van der Waals surface area contributed by atoms with Crippen LogP contribution in [0.4, 0.5) is 17.1 Å². The molecular formula is C61H49NO. The normalized spacial score (nSPS) is 13.0. The highest BCUT2D eigenvalue weighted by Crippen LogP contribution is 2.52. The number of anilines is 3. The van der Waals surface area contributed by atoms with Gasteiger partial charge in [-0.25, -0.2) is 0 Å². The van der Waals surface area contributed by atoms with Crippen molar-refractivity contribution in [2.45, 2.75) is 45.4 Å². The summed E-state index contributed by atoms with van der Waals surface area (Å²) in [5, 5.41) is 2.27. The van der Waals surface area contributed by atoms with Crippen LogP contribution in [0.15, 0.2) is 211 Å². The van der Waals surface area contributed by atoms with E-state index < -0.39 is 0 Å². The van der Waals surface area contributed by atoms with Crippen LogP contribution in [-0.4, -0.2) is 0 Å². The molecule has 63 heavy (non-hydrogen) atoms. The van der Waals surface area contributed by atoms with Gasteiger partial charge in [0.25, 0.3) is 0 Å². The second kappa shape index (κ2) is 14.9. The molecule has 0 amide bonds. The monoisotopic (exact) mass is 811 g/mol. The third-order valence-corrected chi connectivity index (χ3v) is 13.3. The minimum atomic E-state index is -0.137. The first-order valence-corrected chi connectivity index (χ1v) is 22.1. The third kappa shape index (κ3) is 6.65. The molecule has 1 aliphatic carbocycles. The summed E-state index contributed by atoms with van der Waals surface area (Å²) in [6, 6.07) is 75.5. The van der Waals surface area contributed by atoms with E-state index in [2.05, 4.69) is 234 Å². The van der Waals surface area contributed by atoms with Gasteiger partial charge >= 0.3 is 0 Å². The summed E-state index contributed by atoms with van der Waals surface area (Å²) in [6.07, 6.45) is 0. The number of hydrogen-bond acceptors (Lipinski definition) is 2. The molecule has 0 unspecified atom stereocenters. The minimum Gasteiger partial charge on any atom is -0.456 e. The molecule has 0 atom stereocenters. The van der Waals surface area contributed by atoms with Crippen LogP contribution in [0.3, 0.4) is 0 Å². The highest BCUT2D eigenvalue weighted by Gasteiger charge is 2.36. The van der Waals surface area contributed by atoms with E-state index in [4.69, 9.17) is 4.42 Å². The number of nitrogens with zero attached hydrogens (tertiary/aromatic N) is 1. The zero-order valence-corrected chi connectivity index (χ0v) is 36.5. The van der Waals surface area contributed by atoms with Crippen LogP contribution in [0, 0.1) is 0 Å². The lowest BCUT2D eigenvalue weighted by Gasteiger charge is -2.30. The van der Waals surface area contributed by atoms with Gasteiger partial charge in [-0.1, -0.05) is 186 Å². The maximum atomic E-state index is 6.17. The molecule has 2 nitrogen and oxygen atoms in total. The van der Waals surface area contributed by atoms with Gasteiger partial charge in [0.05, 0.1) is 11.4 Å². The zero-order valence-electron chi connectivity index (χ0n) is 36.5. The maximum absolute atomic E-state index is 6.17. The first-order valence-electron chi connectivity index (χ1n) is 22.1. The summed E-state index contributed by atoms with van der Waals surface area (Å²) in [6.45, 7) is 11.6. The van der Waals surface area contributed by atoms with Gasteiger partial charge in [0.2, 0.25) is 0 Å². The van der Waals surface area contributed by atoms with Crippen molar-refractivity contribution in [3.8, 4) is 55.6 Å². The Kier molecular flexibility index (Phi) is 9.10. The fraction of sp³-hybridized carbons (Fsp3) is 0.115. The Morgan fingerprint density at radius 2 is 0.937 bits per heavy atom. The Labute approximate surface area is 370 Å². The smallest absolute Gasteiger partial charge is 0.135 e. The van der Waals surface area contributed by atoms with Gasteiger partial charge in [0.1, 0.15) is 11.2 Å². The molecule has 304 valence electrons. The minimum absolute atomic E-state index is 0.122. The fourth-order valence-corrected chi connectivity index (χ4v) is 9.82. The molecule has 9 aromatic carbocycles. The molecule has 11 rings (SSSR count). The molecule has 1 aliphatic rings. The Bertz CT molecular complexity index is 3330. The van der Waals surface area contributed by atoms with Gasteiger partial charge in [-0.05, 0) is 121 Å². The highest BCUT2D eigenvalue weighted by atomic mass is 16.3. The summed E-state index contributed by atoms with van der Waals surface area (Å²) in [4.78, 5) is 2.44. The number of hydrogen-bond donors (Lipinski definition) is 0. The Morgan fingerprint density at radius 1 is 0.381 bits per heavy atom. The number of rotatable bonds is 7. The first-order chi connectivity index (χ1) is 30.6. The Hall–Kier alpha value is -7.42. The van der Waals surface area contributed by atoms with Crippen molar-refractivity contribution in [2.24, 2.45) is 0 Å². The van der Waals surface area contributed by atoms with E-state index >= 15 is 0 Å². The van der Waals surface area contributed by atoms with Crippen molar-refractivity contribution < 1.29 is 4.42 Å². The summed E-state index contributed by atoms with van der Waals surface area (Å²) >= 11 is 0. The fourth-order valence-electron chi connectivity index (χ4n) is 9.82. The van der Waals surface area contributed by atoms with Gasteiger partial charge in [0.15, 0.2) is 0 Å². The average molecular weight is 812 g/mol. The van der Waals surface area contributed by atoms with E-state index in [1.807, 2.05) is 12.1 Å². The molecule has 0 bridgehead atoms. The van der Waals surface area contributed by atoms with Crippen LogP contribution in [-0.2, 0) is 10.8 Å². The largest absolute Gasteiger partial charge is 0.456 e.